The summed E-state index contributed by atoms with van der Waals surface area (Å²) >= 11 is 6.00. The number of aryl methyl sites for hydroxylation is 2. The first-order chi connectivity index (χ1) is 18.3. The molecule has 1 aliphatic rings. The van der Waals surface area contributed by atoms with E-state index in [-0.39, 0.29) is 17.9 Å². The third kappa shape index (κ3) is 5.15. The fourth-order valence-corrected chi connectivity index (χ4v) is 5.10. The van der Waals surface area contributed by atoms with Crippen LogP contribution in [0.2, 0.25) is 5.02 Å². The predicted octanol–water partition coefficient (Wildman–Crippen LogP) is 3.52. The molecule has 2 atom stereocenters. The number of aliphatic carboxylic acids is 1. The van der Waals surface area contributed by atoms with E-state index in [1.54, 1.807) is 29.9 Å². The van der Waals surface area contributed by atoms with Gasteiger partial charge in [0, 0.05) is 36.4 Å². The number of amides is 1. The number of carbonyl (C=O) groups is 2. The molecule has 0 radical (unpaired) electrons. The Morgan fingerprint density at radius 1 is 1.16 bits per heavy atom. The molecule has 38 heavy (non-hydrogen) atoms. The highest BCUT2D eigenvalue weighted by atomic mass is 35.5. The van der Waals surface area contributed by atoms with E-state index in [9.17, 15) is 19.5 Å². The molecule has 10 heteroatoms. The molecule has 0 saturated carbocycles. The smallest absolute Gasteiger partial charge is 0.326 e. The van der Waals surface area contributed by atoms with Gasteiger partial charge in [-0.1, -0.05) is 54.1 Å². The molecule has 2 aromatic heterocycles. The lowest BCUT2D eigenvalue weighted by Gasteiger charge is -2.28. The maximum atomic E-state index is 13.3. The Labute approximate surface area is 224 Å². The number of rotatable bonds is 8. The zero-order valence-corrected chi connectivity index (χ0v) is 21.6. The van der Waals surface area contributed by atoms with Crippen molar-refractivity contribution >= 4 is 35.1 Å². The summed E-state index contributed by atoms with van der Waals surface area (Å²) in [5, 5.41) is 13.1. The van der Waals surface area contributed by atoms with Gasteiger partial charge in [-0.05, 0) is 43.4 Å². The van der Waals surface area contributed by atoms with Gasteiger partial charge in [-0.2, -0.15) is 0 Å². The second kappa shape index (κ2) is 10.7. The number of nitrogens with one attached hydrogen (secondary N) is 1. The van der Waals surface area contributed by atoms with Gasteiger partial charge in [0.2, 0.25) is 11.7 Å². The van der Waals surface area contributed by atoms with Crippen LogP contribution >= 0.6 is 11.6 Å². The molecule has 9 nitrogen and oxygen atoms in total. The van der Waals surface area contributed by atoms with Crippen molar-refractivity contribution in [3.63, 3.8) is 0 Å². The highest BCUT2D eigenvalue weighted by Crippen LogP contribution is 2.27. The largest absolute Gasteiger partial charge is 0.480 e. The van der Waals surface area contributed by atoms with Crippen molar-refractivity contribution in [2.24, 2.45) is 7.05 Å². The van der Waals surface area contributed by atoms with Crippen LogP contribution in [-0.2, 0) is 23.1 Å². The van der Waals surface area contributed by atoms with E-state index in [4.69, 9.17) is 11.6 Å². The molecule has 0 bridgehead atoms. The fourth-order valence-electron chi connectivity index (χ4n) is 4.98. The van der Waals surface area contributed by atoms with Crippen molar-refractivity contribution in [2.45, 2.75) is 37.8 Å². The number of imidazole rings is 1. The average Bonchev–Trinajstić information content (AvgIpc) is 3.58. The van der Waals surface area contributed by atoms with Crippen molar-refractivity contribution in [1.29, 1.82) is 0 Å². The van der Waals surface area contributed by atoms with E-state index in [1.165, 1.54) is 10.5 Å². The number of hydrogen-bond donors (Lipinski definition) is 2. The van der Waals surface area contributed by atoms with Gasteiger partial charge >= 0.3 is 5.97 Å². The Bertz CT molecular complexity index is 1530. The van der Waals surface area contributed by atoms with Crippen LogP contribution in [0.1, 0.15) is 24.8 Å². The first-order valence-electron chi connectivity index (χ1n) is 12.5. The number of anilines is 1. The number of benzene rings is 2. The van der Waals surface area contributed by atoms with Gasteiger partial charge in [-0.15, -0.1) is 0 Å². The molecule has 1 amide bonds. The minimum atomic E-state index is -1.07. The number of carbonyl (C=O) groups excluding carboxylic acids is 1. The molecule has 5 rings (SSSR count). The Morgan fingerprint density at radius 3 is 2.61 bits per heavy atom. The molecule has 0 aliphatic carbocycles. The molecule has 1 aliphatic heterocycles. The summed E-state index contributed by atoms with van der Waals surface area (Å²) in [7, 11) is 1.80. The van der Waals surface area contributed by atoms with Crippen molar-refractivity contribution < 1.29 is 14.7 Å². The first-order valence-corrected chi connectivity index (χ1v) is 12.9. The van der Waals surface area contributed by atoms with Gasteiger partial charge in [0.15, 0.2) is 0 Å². The fraction of sp³-hybridized carbons (Fsp3) is 0.286. The quantitative estimate of drug-likeness (QED) is 0.359. The Balaban J connectivity index is 1.38. The molecule has 0 unspecified atom stereocenters. The third-order valence-electron chi connectivity index (χ3n) is 6.99. The van der Waals surface area contributed by atoms with Gasteiger partial charge in [-0.25, -0.2) is 9.78 Å². The Kier molecular flexibility index (Phi) is 7.20. The van der Waals surface area contributed by atoms with E-state index in [0.717, 1.165) is 17.5 Å². The second-order valence-electron chi connectivity index (χ2n) is 9.48. The standard InChI is InChI=1S/C28H28ClN5O4/c1-32-24(16-25(35)34-17-22(31-28(32)34)19-10-12-20(29)13-11-19)33-15-5-8-23(33)26(36)30-21(27(37)38)14-9-18-6-3-2-4-7-18/h2-4,6-7,10-13,16-17,21,23H,5,8-9,14-15H2,1H3,(H,30,36)(H,37,38)/t21-,23-/m0/s1. The first kappa shape index (κ1) is 25.5. The number of aromatic nitrogens is 3. The number of fused-ring (bicyclic) bond motifs is 1. The molecule has 1 saturated heterocycles. The Hall–Kier alpha value is -4.11. The van der Waals surface area contributed by atoms with E-state index < -0.39 is 18.1 Å². The van der Waals surface area contributed by atoms with E-state index in [2.05, 4.69) is 10.3 Å². The van der Waals surface area contributed by atoms with Crippen molar-refractivity contribution in [3.8, 4) is 11.3 Å². The van der Waals surface area contributed by atoms with Gasteiger partial charge < -0.3 is 19.9 Å². The molecular formula is C28H28ClN5O4. The Morgan fingerprint density at radius 2 is 1.89 bits per heavy atom. The molecule has 3 heterocycles. The van der Waals surface area contributed by atoms with E-state index >= 15 is 0 Å². The third-order valence-corrected chi connectivity index (χ3v) is 7.24. The van der Waals surface area contributed by atoms with Crippen LogP contribution in [0.3, 0.4) is 0 Å². The average molecular weight is 534 g/mol. The summed E-state index contributed by atoms with van der Waals surface area (Å²) in [5.41, 5.74) is 2.20. The monoisotopic (exact) mass is 533 g/mol. The summed E-state index contributed by atoms with van der Waals surface area (Å²) in [4.78, 5) is 44.8. The van der Waals surface area contributed by atoms with E-state index in [1.807, 2.05) is 47.4 Å². The van der Waals surface area contributed by atoms with Gasteiger partial charge in [0.1, 0.15) is 17.9 Å². The summed E-state index contributed by atoms with van der Waals surface area (Å²) in [6.07, 6.45) is 3.80. The summed E-state index contributed by atoms with van der Waals surface area (Å²) < 4.78 is 3.26. The van der Waals surface area contributed by atoms with Crippen molar-refractivity contribution in [3.05, 3.63) is 87.8 Å². The SMILES string of the molecule is Cn1c(N2CCC[C@H]2C(=O)N[C@@H](CCc2ccccc2)C(=O)O)cc(=O)n2cc(-c3ccc(Cl)cc3)nc12. The number of halogens is 1. The van der Waals surface area contributed by atoms with Gasteiger partial charge in [-0.3, -0.25) is 14.0 Å². The lowest BCUT2D eigenvalue weighted by Crippen LogP contribution is -2.50. The van der Waals surface area contributed by atoms with Crippen LogP contribution in [0.4, 0.5) is 5.82 Å². The van der Waals surface area contributed by atoms with E-state index in [0.29, 0.717) is 41.7 Å². The normalized spacial score (nSPS) is 16.1. The molecule has 196 valence electrons. The number of nitrogens with zero attached hydrogens (tertiary/aromatic N) is 4. The van der Waals surface area contributed by atoms with Crippen LogP contribution in [0.25, 0.3) is 17.0 Å². The molecule has 2 aromatic carbocycles. The summed E-state index contributed by atoms with van der Waals surface area (Å²) in [6, 6.07) is 16.7. The molecule has 2 N–H and O–H groups in total. The highest BCUT2D eigenvalue weighted by Gasteiger charge is 2.34. The van der Waals surface area contributed by atoms with Gasteiger partial charge in [0.05, 0.1) is 5.69 Å². The molecule has 0 spiro atoms. The summed E-state index contributed by atoms with van der Waals surface area (Å²) in [5.74, 6) is -0.431. The number of carboxylic acid groups (broad SMARTS) is 1. The minimum Gasteiger partial charge on any atom is -0.480 e. The number of carboxylic acids is 1. The van der Waals surface area contributed by atoms with Crippen molar-refractivity contribution in [2.75, 3.05) is 11.4 Å². The minimum absolute atomic E-state index is 0.266. The van der Waals surface area contributed by atoms with Crippen LogP contribution in [0.15, 0.2) is 71.7 Å². The predicted molar refractivity (Wildman–Crippen MR) is 146 cm³/mol. The van der Waals surface area contributed by atoms with Crippen LogP contribution < -0.4 is 15.8 Å². The topological polar surface area (TPSA) is 109 Å². The molecular weight excluding hydrogens is 506 g/mol. The molecule has 1 fully saturated rings. The second-order valence-corrected chi connectivity index (χ2v) is 9.91. The maximum absolute atomic E-state index is 13.3. The van der Waals surface area contributed by atoms with Crippen LogP contribution in [-0.4, -0.2) is 49.6 Å². The highest BCUT2D eigenvalue weighted by molar-refractivity contribution is 6.30. The van der Waals surface area contributed by atoms with Gasteiger partial charge in [0.25, 0.3) is 5.56 Å². The lowest BCUT2D eigenvalue weighted by atomic mass is 10.0. The number of hydrogen-bond acceptors (Lipinski definition) is 5. The summed E-state index contributed by atoms with van der Waals surface area (Å²) in [6.45, 7) is 0.564. The van der Waals surface area contributed by atoms with Crippen LogP contribution in [0.5, 0.6) is 0 Å². The zero-order valence-electron chi connectivity index (χ0n) is 20.9. The van der Waals surface area contributed by atoms with Crippen molar-refractivity contribution in [1.82, 2.24) is 19.3 Å². The maximum Gasteiger partial charge on any atom is 0.326 e. The zero-order chi connectivity index (χ0) is 26.8. The molecule has 4 aromatic rings. The van der Waals surface area contributed by atoms with Crippen LogP contribution in [0, 0.1) is 0 Å². The lowest BCUT2D eigenvalue weighted by molar-refractivity contribution is -0.142.